The first-order chi connectivity index (χ1) is 10.1. The van der Waals surface area contributed by atoms with Crippen LogP contribution in [0.4, 0.5) is 0 Å². The van der Waals surface area contributed by atoms with E-state index >= 15 is 0 Å². The molecule has 0 radical (unpaired) electrons. The normalized spacial score (nSPS) is 18.7. The fraction of sp³-hybridized carbons (Fsp3) is 0.188. The van der Waals surface area contributed by atoms with Crippen molar-refractivity contribution in [3.8, 4) is 0 Å². The van der Waals surface area contributed by atoms with Crippen molar-refractivity contribution < 1.29 is 14.4 Å². The van der Waals surface area contributed by atoms with E-state index in [0.717, 1.165) is 10.8 Å². The first-order valence-corrected chi connectivity index (χ1v) is 6.70. The van der Waals surface area contributed by atoms with Crippen molar-refractivity contribution >= 4 is 28.5 Å². The number of imide groups is 1. The highest BCUT2D eigenvalue weighted by Gasteiger charge is 2.34. The van der Waals surface area contributed by atoms with Gasteiger partial charge in [0.25, 0.3) is 5.91 Å². The second-order valence-corrected chi connectivity index (χ2v) is 5.05. The summed E-state index contributed by atoms with van der Waals surface area (Å²) in [5.41, 5.74) is 0.502. The van der Waals surface area contributed by atoms with E-state index in [2.05, 4.69) is 5.32 Å². The molecule has 1 saturated heterocycles. The monoisotopic (exact) mass is 282 g/mol. The van der Waals surface area contributed by atoms with E-state index in [-0.39, 0.29) is 12.5 Å². The lowest BCUT2D eigenvalue weighted by atomic mass is 10.0. The van der Waals surface area contributed by atoms with Crippen LogP contribution in [-0.4, -0.2) is 35.2 Å². The third-order valence-corrected chi connectivity index (χ3v) is 3.70. The number of rotatable bonds is 1. The van der Waals surface area contributed by atoms with Crippen LogP contribution in [0.2, 0.25) is 0 Å². The summed E-state index contributed by atoms with van der Waals surface area (Å²) in [6.45, 7) is 1.51. The van der Waals surface area contributed by atoms with Crippen LogP contribution in [0, 0.1) is 0 Å². The molecule has 1 heterocycles. The molecule has 3 amide bonds. The minimum Gasteiger partial charge on any atom is -0.318 e. The van der Waals surface area contributed by atoms with Gasteiger partial charge in [-0.25, -0.2) is 0 Å². The molecule has 2 aromatic carbocycles. The van der Waals surface area contributed by atoms with Crippen molar-refractivity contribution in [2.45, 2.75) is 13.0 Å². The Bertz CT molecular complexity index is 749. The van der Waals surface area contributed by atoms with Crippen molar-refractivity contribution in [3.63, 3.8) is 0 Å². The van der Waals surface area contributed by atoms with Gasteiger partial charge in [-0.05, 0) is 23.8 Å². The Balaban J connectivity index is 2.04. The topological polar surface area (TPSA) is 66.5 Å². The Hall–Kier alpha value is -2.69. The zero-order valence-corrected chi connectivity index (χ0v) is 11.5. The molecule has 1 aliphatic rings. The number of carbonyl (C=O) groups excluding carboxylic acids is 3. The quantitative estimate of drug-likeness (QED) is 0.802. The van der Waals surface area contributed by atoms with Gasteiger partial charge in [-0.15, -0.1) is 0 Å². The SMILES string of the molecule is CC1C(=O)NC(=O)CN1C(=O)c1cccc2ccccc12. The molecule has 1 unspecified atom stereocenters. The van der Waals surface area contributed by atoms with E-state index in [9.17, 15) is 14.4 Å². The fourth-order valence-corrected chi connectivity index (χ4v) is 2.53. The highest BCUT2D eigenvalue weighted by atomic mass is 16.2. The minimum absolute atomic E-state index is 0.102. The zero-order chi connectivity index (χ0) is 15.0. The standard InChI is InChI=1S/C16H14N2O3/c1-10-15(20)17-14(19)9-18(10)16(21)13-8-4-6-11-5-2-3-7-12(11)13/h2-8,10H,9H2,1H3,(H,17,19,20). The molecule has 1 fully saturated rings. The van der Waals surface area contributed by atoms with Gasteiger partial charge in [0.15, 0.2) is 0 Å². The first kappa shape index (κ1) is 13.3. The molecule has 5 heteroatoms. The number of nitrogens with zero attached hydrogens (tertiary/aromatic N) is 1. The summed E-state index contributed by atoms with van der Waals surface area (Å²) in [7, 11) is 0. The highest BCUT2D eigenvalue weighted by molar-refractivity contribution is 6.11. The molecule has 1 aliphatic heterocycles. The molecule has 0 aliphatic carbocycles. The number of carbonyl (C=O) groups is 3. The second-order valence-electron chi connectivity index (χ2n) is 5.05. The van der Waals surface area contributed by atoms with E-state index in [1.165, 1.54) is 4.90 Å². The molecule has 1 N–H and O–H groups in total. The Morgan fingerprint density at radius 3 is 2.67 bits per heavy atom. The van der Waals surface area contributed by atoms with Crippen molar-refractivity contribution in [1.82, 2.24) is 10.2 Å². The molecule has 1 atom stereocenters. The predicted octanol–water partition coefficient (Wildman–Crippen LogP) is 1.33. The van der Waals surface area contributed by atoms with Crippen molar-refractivity contribution in [3.05, 3.63) is 48.0 Å². The van der Waals surface area contributed by atoms with Crippen LogP contribution in [0.1, 0.15) is 17.3 Å². The van der Waals surface area contributed by atoms with E-state index in [1.54, 1.807) is 19.1 Å². The number of piperazine rings is 1. The van der Waals surface area contributed by atoms with Crippen LogP contribution in [0.5, 0.6) is 0 Å². The Morgan fingerprint density at radius 1 is 1.14 bits per heavy atom. The molecule has 106 valence electrons. The Labute approximate surface area is 121 Å². The summed E-state index contributed by atoms with van der Waals surface area (Å²) >= 11 is 0. The van der Waals surface area contributed by atoms with Gasteiger partial charge in [0.1, 0.15) is 12.6 Å². The van der Waals surface area contributed by atoms with Gasteiger partial charge in [-0.3, -0.25) is 19.7 Å². The maximum absolute atomic E-state index is 12.7. The van der Waals surface area contributed by atoms with E-state index in [1.807, 2.05) is 30.3 Å². The Morgan fingerprint density at radius 2 is 1.86 bits per heavy atom. The minimum atomic E-state index is -0.658. The van der Waals surface area contributed by atoms with Gasteiger partial charge in [0.05, 0.1) is 0 Å². The number of hydrogen-bond donors (Lipinski definition) is 1. The Kier molecular flexibility index (Phi) is 3.17. The molecule has 0 bridgehead atoms. The maximum Gasteiger partial charge on any atom is 0.255 e. The molecular weight excluding hydrogens is 268 g/mol. The molecular formula is C16H14N2O3. The smallest absolute Gasteiger partial charge is 0.255 e. The third kappa shape index (κ3) is 2.27. The molecule has 2 aromatic rings. The van der Waals surface area contributed by atoms with Crippen LogP contribution in [-0.2, 0) is 9.59 Å². The van der Waals surface area contributed by atoms with Gasteiger partial charge in [0, 0.05) is 5.56 Å². The van der Waals surface area contributed by atoms with E-state index in [4.69, 9.17) is 0 Å². The number of fused-ring (bicyclic) bond motifs is 1. The summed E-state index contributed by atoms with van der Waals surface area (Å²) in [6.07, 6.45) is 0. The van der Waals surface area contributed by atoms with Crippen LogP contribution in [0.25, 0.3) is 10.8 Å². The van der Waals surface area contributed by atoms with Gasteiger partial charge >= 0.3 is 0 Å². The van der Waals surface area contributed by atoms with Gasteiger partial charge in [-0.2, -0.15) is 0 Å². The van der Waals surface area contributed by atoms with Crippen LogP contribution in [0.15, 0.2) is 42.5 Å². The van der Waals surface area contributed by atoms with Crippen LogP contribution < -0.4 is 5.32 Å². The lowest BCUT2D eigenvalue weighted by Crippen LogP contribution is -2.58. The van der Waals surface area contributed by atoms with E-state index < -0.39 is 17.9 Å². The number of amides is 3. The first-order valence-electron chi connectivity index (χ1n) is 6.70. The van der Waals surface area contributed by atoms with Gasteiger partial charge in [-0.1, -0.05) is 36.4 Å². The van der Waals surface area contributed by atoms with E-state index in [0.29, 0.717) is 5.56 Å². The number of hydrogen-bond acceptors (Lipinski definition) is 3. The zero-order valence-electron chi connectivity index (χ0n) is 11.5. The average Bonchev–Trinajstić information content (AvgIpc) is 2.49. The summed E-state index contributed by atoms with van der Waals surface area (Å²) in [6, 6.07) is 12.3. The summed E-state index contributed by atoms with van der Waals surface area (Å²) in [4.78, 5) is 37.2. The van der Waals surface area contributed by atoms with Crippen molar-refractivity contribution in [2.24, 2.45) is 0 Å². The largest absolute Gasteiger partial charge is 0.318 e. The average molecular weight is 282 g/mol. The fourth-order valence-electron chi connectivity index (χ4n) is 2.53. The summed E-state index contributed by atoms with van der Waals surface area (Å²) in [5, 5.41) is 3.99. The molecule has 0 aromatic heterocycles. The number of benzene rings is 2. The molecule has 21 heavy (non-hydrogen) atoms. The van der Waals surface area contributed by atoms with Crippen LogP contribution in [0.3, 0.4) is 0 Å². The lowest BCUT2D eigenvalue weighted by Gasteiger charge is -2.31. The molecule has 0 saturated carbocycles. The summed E-state index contributed by atoms with van der Waals surface area (Å²) in [5.74, 6) is -1.20. The van der Waals surface area contributed by atoms with Gasteiger partial charge < -0.3 is 4.90 Å². The molecule has 3 rings (SSSR count). The van der Waals surface area contributed by atoms with Gasteiger partial charge in [0.2, 0.25) is 11.8 Å². The van der Waals surface area contributed by atoms with Crippen molar-refractivity contribution in [2.75, 3.05) is 6.54 Å². The predicted molar refractivity (Wildman–Crippen MR) is 77.6 cm³/mol. The second kappa shape index (κ2) is 5.01. The highest BCUT2D eigenvalue weighted by Crippen LogP contribution is 2.21. The maximum atomic E-state index is 12.7. The molecule has 0 spiro atoms. The summed E-state index contributed by atoms with van der Waals surface area (Å²) < 4.78 is 0. The lowest BCUT2D eigenvalue weighted by molar-refractivity contribution is -0.138. The molecule has 5 nitrogen and oxygen atoms in total. The third-order valence-electron chi connectivity index (χ3n) is 3.70. The number of nitrogens with one attached hydrogen (secondary N) is 1. The van der Waals surface area contributed by atoms with Crippen LogP contribution >= 0.6 is 0 Å². The van der Waals surface area contributed by atoms with Crippen molar-refractivity contribution in [1.29, 1.82) is 0 Å².